The van der Waals surface area contributed by atoms with Crippen LogP contribution < -0.4 is 4.72 Å². The van der Waals surface area contributed by atoms with Crippen LogP contribution in [0.4, 0.5) is 4.39 Å². The SMILES string of the molecule is CNS(=O)(=O)CF. The summed E-state index contributed by atoms with van der Waals surface area (Å²) < 4.78 is 32.7. The van der Waals surface area contributed by atoms with E-state index in [1.165, 1.54) is 0 Å². The molecule has 0 rings (SSSR count). The summed E-state index contributed by atoms with van der Waals surface area (Å²) in [6, 6.07) is -1.34. The highest BCUT2D eigenvalue weighted by Gasteiger charge is 2.01. The monoisotopic (exact) mass is 127 g/mol. The topological polar surface area (TPSA) is 46.2 Å². The highest BCUT2D eigenvalue weighted by molar-refractivity contribution is 7.89. The minimum absolute atomic E-state index is 1.16. The van der Waals surface area contributed by atoms with Crippen molar-refractivity contribution in [1.29, 1.82) is 0 Å². The Labute approximate surface area is 41.6 Å². The second kappa shape index (κ2) is 2.23. The van der Waals surface area contributed by atoms with Crippen LogP contribution in [0.3, 0.4) is 0 Å². The number of sulfonamides is 1. The van der Waals surface area contributed by atoms with E-state index in [1.807, 2.05) is 0 Å². The zero-order chi connectivity index (χ0) is 5.91. The van der Waals surface area contributed by atoms with E-state index in [-0.39, 0.29) is 0 Å². The van der Waals surface area contributed by atoms with Crippen molar-refractivity contribution in [2.75, 3.05) is 13.1 Å². The van der Waals surface area contributed by atoms with Crippen molar-refractivity contribution in [2.24, 2.45) is 0 Å². The minimum Gasteiger partial charge on any atom is -0.232 e. The Kier molecular flexibility index (Phi) is 2.17. The first-order valence-electron chi connectivity index (χ1n) is 1.59. The molecule has 0 aliphatic carbocycles. The molecule has 44 valence electrons. The zero-order valence-corrected chi connectivity index (χ0v) is 4.63. The number of hydrogen-bond acceptors (Lipinski definition) is 2. The van der Waals surface area contributed by atoms with Crippen molar-refractivity contribution >= 4 is 10.0 Å². The average molecular weight is 127 g/mol. The second-order valence-corrected chi connectivity index (χ2v) is 2.78. The van der Waals surface area contributed by atoms with Gasteiger partial charge in [-0.2, -0.15) is 0 Å². The maximum Gasteiger partial charge on any atom is 0.240 e. The van der Waals surface area contributed by atoms with Crippen LogP contribution in [-0.4, -0.2) is 21.5 Å². The van der Waals surface area contributed by atoms with Crippen molar-refractivity contribution in [1.82, 2.24) is 4.72 Å². The summed E-state index contributed by atoms with van der Waals surface area (Å²) in [4.78, 5) is 0. The van der Waals surface area contributed by atoms with E-state index in [2.05, 4.69) is 0 Å². The molecule has 0 aromatic carbocycles. The van der Waals surface area contributed by atoms with E-state index in [0.717, 1.165) is 7.05 Å². The standard InChI is InChI=1S/C2H6FNO2S/c1-4-7(5,6)2-3/h4H,2H2,1H3. The van der Waals surface area contributed by atoms with Crippen molar-refractivity contribution in [2.45, 2.75) is 0 Å². The van der Waals surface area contributed by atoms with Crippen LogP contribution in [0.25, 0.3) is 0 Å². The van der Waals surface area contributed by atoms with Gasteiger partial charge in [0.05, 0.1) is 0 Å². The molecule has 1 N–H and O–H groups in total. The second-order valence-electron chi connectivity index (χ2n) is 0.928. The molecule has 0 aromatic rings. The Hall–Kier alpha value is -0.160. The van der Waals surface area contributed by atoms with Crippen LogP contribution in [0.5, 0.6) is 0 Å². The van der Waals surface area contributed by atoms with E-state index in [4.69, 9.17) is 0 Å². The lowest BCUT2D eigenvalue weighted by Crippen LogP contribution is -2.19. The molecular formula is C2H6FNO2S. The van der Waals surface area contributed by atoms with Gasteiger partial charge in [0.1, 0.15) is 0 Å². The molecule has 0 atom stereocenters. The van der Waals surface area contributed by atoms with Gasteiger partial charge in [0, 0.05) is 0 Å². The van der Waals surface area contributed by atoms with Crippen LogP contribution in [0.1, 0.15) is 0 Å². The molecule has 0 unspecified atom stereocenters. The largest absolute Gasteiger partial charge is 0.240 e. The predicted molar refractivity (Wildman–Crippen MR) is 24.0 cm³/mol. The third kappa shape index (κ3) is 2.52. The summed E-state index contributed by atoms with van der Waals surface area (Å²) in [6.45, 7) is 0. The molecule has 0 aliphatic rings. The van der Waals surface area contributed by atoms with Gasteiger partial charge in [0.25, 0.3) is 0 Å². The van der Waals surface area contributed by atoms with Crippen LogP contribution in [0.2, 0.25) is 0 Å². The van der Waals surface area contributed by atoms with Gasteiger partial charge in [-0.15, -0.1) is 0 Å². The van der Waals surface area contributed by atoms with Gasteiger partial charge < -0.3 is 0 Å². The molecule has 0 heterocycles. The Morgan fingerprint density at radius 1 is 1.71 bits per heavy atom. The normalized spacial score (nSPS) is 11.7. The summed E-state index contributed by atoms with van der Waals surface area (Å²) in [5.41, 5.74) is 0. The maximum atomic E-state index is 11.1. The number of rotatable bonds is 2. The summed E-state index contributed by atoms with van der Waals surface area (Å²) >= 11 is 0. The van der Waals surface area contributed by atoms with Gasteiger partial charge in [-0.3, -0.25) is 0 Å². The van der Waals surface area contributed by atoms with E-state index >= 15 is 0 Å². The Morgan fingerprint density at radius 3 is 2.14 bits per heavy atom. The Bertz CT molecular complexity index is 119. The van der Waals surface area contributed by atoms with Crippen LogP contribution in [0.15, 0.2) is 0 Å². The smallest absolute Gasteiger partial charge is 0.232 e. The fourth-order valence-corrected chi connectivity index (χ4v) is 0.164. The summed E-state index contributed by atoms with van der Waals surface area (Å²) in [6.07, 6.45) is 0. The molecular weight excluding hydrogens is 121 g/mol. The summed E-state index contributed by atoms with van der Waals surface area (Å²) in [7, 11) is -2.41. The first kappa shape index (κ1) is 6.84. The van der Waals surface area contributed by atoms with Gasteiger partial charge in [-0.05, 0) is 7.05 Å². The van der Waals surface area contributed by atoms with E-state index in [9.17, 15) is 12.8 Å². The molecule has 0 radical (unpaired) electrons. The lowest BCUT2D eigenvalue weighted by atomic mass is 11.6. The number of alkyl halides is 1. The van der Waals surface area contributed by atoms with Crippen LogP contribution >= 0.6 is 0 Å². The molecule has 0 aliphatic heterocycles. The van der Waals surface area contributed by atoms with Gasteiger partial charge in [-0.1, -0.05) is 0 Å². The zero-order valence-electron chi connectivity index (χ0n) is 3.81. The van der Waals surface area contributed by atoms with Crippen molar-refractivity contribution in [3.05, 3.63) is 0 Å². The van der Waals surface area contributed by atoms with E-state index < -0.39 is 16.0 Å². The molecule has 0 saturated heterocycles. The molecule has 7 heavy (non-hydrogen) atoms. The van der Waals surface area contributed by atoms with E-state index in [1.54, 1.807) is 4.72 Å². The summed E-state index contributed by atoms with van der Waals surface area (Å²) in [5.74, 6) is 0. The lowest BCUT2D eigenvalue weighted by Gasteiger charge is -1.89. The number of halogens is 1. The highest BCUT2D eigenvalue weighted by atomic mass is 32.2. The number of nitrogens with one attached hydrogen (secondary N) is 1. The first-order valence-corrected chi connectivity index (χ1v) is 3.25. The molecule has 0 amide bonds. The highest BCUT2D eigenvalue weighted by Crippen LogP contribution is 1.78. The Balaban J connectivity index is 3.89. The van der Waals surface area contributed by atoms with Gasteiger partial charge in [0.2, 0.25) is 16.0 Å². The van der Waals surface area contributed by atoms with Gasteiger partial charge in [-0.25, -0.2) is 17.5 Å². The number of hydrogen-bond donors (Lipinski definition) is 1. The fourth-order valence-electron chi connectivity index (χ4n) is 0.0546. The van der Waals surface area contributed by atoms with Crippen LogP contribution in [-0.2, 0) is 10.0 Å². The fraction of sp³-hybridized carbons (Fsp3) is 1.00. The lowest BCUT2D eigenvalue weighted by molar-refractivity contribution is 0.528. The van der Waals surface area contributed by atoms with Gasteiger partial charge in [0.15, 0.2) is 0 Å². The molecule has 0 fully saturated rings. The van der Waals surface area contributed by atoms with Crippen molar-refractivity contribution < 1.29 is 12.8 Å². The van der Waals surface area contributed by atoms with Crippen molar-refractivity contribution in [3.63, 3.8) is 0 Å². The minimum atomic E-state index is -3.57. The first-order chi connectivity index (χ1) is 3.12. The molecule has 5 heteroatoms. The maximum absolute atomic E-state index is 11.1. The van der Waals surface area contributed by atoms with E-state index in [0.29, 0.717) is 0 Å². The average Bonchev–Trinajstić information content (AvgIpc) is 1.68. The molecule has 0 bridgehead atoms. The molecule has 0 aromatic heterocycles. The third-order valence-corrected chi connectivity index (χ3v) is 1.36. The predicted octanol–water partition coefficient (Wildman–Crippen LogP) is -0.537. The quantitative estimate of drug-likeness (QED) is 0.541. The summed E-state index contributed by atoms with van der Waals surface area (Å²) in [5, 5.41) is 0. The third-order valence-electron chi connectivity index (χ3n) is 0.455. The Morgan fingerprint density at radius 2 is 2.14 bits per heavy atom. The van der Waals surface area contributed by atoms with Gasteiger partial charge >= 0.3 is 0 Å². The molecule has 3 nitrogen and oxygen atoms in total. The molecule has 0 spiro atoms. The van der Waals surface area contributed by atoms with Crippen LogP contribution in [0, 0.1) is 0 Å². The van der Waals surface area contributed by atoms with Crippen molar-refractivity contribution in [3.8, 4) is 0 Å². The molecule has 0 saturated carbocycles.